The van der Waals surface area contributed by atoms with Gasteiger partial charge in [0.2, 0.25) is 0 Å². The molecule has 0 atom stereocenters. The van der Waals surface area contributed by atoms with Crippen molar-refractivity contribution in [2.24, 2.45) is 0 Å². The fourth-order valence-corrected chi connectivity index (χ4v) is 6.01. The fourth-order valence-electron chi connectivity index (χ4n) is 4.60. The van der Waals surface area contributed by atoms with Gasteiger partial charge >= 0.3 is 13.7 Å². The molecule has 1 aliphatic rings. The molecule has 0 unspecified atom stereocenters. The van der Waals surface area contributed by atoms with Crippen LogP contribution in [0.5, 0.6) is 0 Å². The van der Waals surface area contributed by atoms with E-state index in [1.807, 2.05) is 84.9 Å². The van der Waals surface area contributed by atoms with Gasteiger partial charge in [0.25, 0.3) is 0 Å². The summed E-state index contributed by atoms with van der Waals surface area (Å²) < 4.78 is 30.7. The number of benzene rings is 4. The van der Waals surface area contributed by atoms with Crippen molar-refractivity contribution in [3.05, 3.63) is 131 Å². The maximum atomic E-state index is 13.5. The Kier molecular flexibility index (Phi) is 8.34. The molecule has 1 N–H and O–H groups in total. The molecule has 0 fully saturated rings. The Labute approximate surface area is 223 Å². The van der Waals surface area contributed by atoms with E-state index in [1.165, 1.54) is 11.1 Å². The van der Waals surface area contributed by atoms with Crippen molar-refractivity contribution in [3.63, 3.8) is 0 Å². The second-order valence-electron chi connectivity index (χ2n) is 9.10. The van der Waals surface area contributed by atoms with Crippen LogP contribution >= 0.6 is 7.60 Å². The molecule has 0 aliphatic heterocycles. The van der Waals surface area contributed by atoms with E-state index in [0.29, 0.717) is 0 Å². The predicted octanol–water partition coefficient (Wildman–Crippen LogP) is 7.15. The van der Waals surface area contributed by atoms with Gasteiger partial charge in [-0.1, -0.05) is 109 Å². The second-order valence-corrected chi connectivity index (χ2v) is 11.3. The lowest BCUT2D eigenvalue weighted by atomic mass is 9.98. The largest absolute Gasteiger partial charge is 0.449 e. The van der Waals surface area contributed by atoms with E-state index in [9.17, 15) is 9.36 Å². The molecule has 1 amide bonds. The number of carbonyl (C=O) groups excluding carboxylic acids is 1. The van der Waals surface area contributed by atoms with Gasteiger partial charge in [0.1, 0.15) is 6.61 Å². The van der Waals surface area contributed by atoms with Crippen LogP contribution < -0.4 is 5.32 Å². The molecule has 5 rings (SSSR count). The number of amides is 1. The van der Waals surface area contributed by atoms with Crippen LogP contribution in [0, 0.1) is 0 Å². The lowest BCUT2D eigenvalue weighted by molar-refractivity contribution is 0.143. The summed E-state index contributed by atoms with van der Waals surface area (Å²) >= 11 is 0. The van der Waals surface area contributed by atoms with Crippen LogP contribution in [0.15, 0.2) is 109 Å². The van der Waals surface area contributed by atoms with E-state index in [4.69, 9.17) is 13.8 Å². The van der Waals surface area contributed by atoms with Gasteiger partial charge in [-0.2, -0.15) is 0 Å². The Morgan fingerprint density at radius 3 is 1.68 bits per heavy atom. The summed E-state index contributed by atoms with van der Waals surface area (Å²) in [6.07, 6.45) is -0.541. The summed E-state index contributed by atoms with van der Waals surface area (Å²) in [5.41, 5.74) is 6.42. The van der Waals surface area contributed by atoms with Crippen molar-refractivity contribution < 1.29 is 23.1 Å². The third kappa shape index (κ3) is 6.40. The number of hydrogen-bond donors (Lipinski definition) is 1. The zero-order valence-corrected chi connectivity index (χ0v) is 21.9. The van der Waals surface area contributed by atoms with Crippen molar-refractivity contribution in [1.82, 2.24) is 5.32 Å². The number of hydrogen-bond acceptors (Lipinski definition) is 5. The zero-order valence-electron chi connectivity index (χ0n) is 21.0. The molecule has 0 aromatic heterocycles. The molecule has 0 spiro atoms. The number of fused-ring (bicyclic) bond motifs is 3. The molecule has 0 heterocycles. The number of alkyl carbamates (subject to hydrolysis) is 1. The normalized spacial score (nSPS) is 12.5. The molecule has 0 saturated heterocycles. The van der Waals surface area contributed by atoms with Gasteiger partial charge in [-0.25, -0.2) is 4.79 Å². The summed E-state index contributed by atoms with van der Waals surface area (Å²) in [6, 6.07) is 35.4. The standard InChI is InChI=1S/C31H30NO5P/c33-31(35-23-30-28-17-9-7-15-26(28)27-16-8-10-18-29(27)30)32-19-20-38(34,36-21-24-11-3-1-4-12-24)37-22-25-13-5-2-6-14-25/h1-18,30H,19-23H2,(H,32,33). The minimum atomic E-state index is -3.50. The van der Waals surface area contributed by atoms with Gasteiger partial charge in [-0.15, -0.1) is 0 Å². The van der Waals surface area contributed by atoms with Gasteiger partial charge in [-0.05, 0) is 33.4 Å². The summed E-state index contributed by atoms with van der Waals surface area (Å²) in [5.74, 6) is -0.0253. The monoisotopic (exact) mass is 527 g/mol. The summed E-state index contributed by atoms with van der Waals surface area (Å²) in [7, 11) is -3.50. The minimum absolute atomic E-state index is 0.0247. The lowest BCUT2D eigenvalue weighted by Crippen LogP contribution is -2.29. The number of nitrogens with one attached hydrogen (secondary N) is 1. The fraction of sp³-hybridized carbons (Fsp3) is 0.194. The topological polar surface area (TPSA) is 73.9 Å². The highest BCUT2D eigenvalue weighted by atomic mass is 31.2. The second kappa shape index (κ2) is 12.2. The Morgan fingerprint density at radius 1 is 0.684 bits per heavy atom. The zero-order chi connectivity index (χ0) is 26.2. The Morgan fingerprint density at radius 2 is 1.16 bits per heavy atom. The molecule has 0 saturated carbocycles. The minimum Gasteiger partial charge on any atom is -0.449 e. The molecular formula is C31H30NO5P. The summed E-state index contributed by atoms with van der Waals surface area (Å²) in [5, 5.41) is 2.71. The van der Waals surface area contributed by atoms with E-state index in [0.717, 1.165) is 22.3 Å². The van der Waals surface area contributed by atoms with E-state index in [-0.39, 0.29) is 38.4 Å². The van der Waals surface area contributed by atoms with E-state index in [2.05, 4.69) is 29.6 Å². The first-order valence-electron chi connectivity index (χ1n) is 12.7. The third-order valence-corrected chi connectivity index (χ3v) is 8.36. The van der Waals surface area contributed by atoms with Gasteiger partial charge < -0.3 is 19.1 Å². The number of carbonyl (C=O) groups is 1. The SMILES string of the molecule is O=C(NCCP(=O)(OCc1ccccc1)OCc1ccccc1)OCC1c2ccccc2-c2ccccc21. The van der Waals surface area contributed by atoms with Gasteiger partial charge in [0, 0.05) is 12.5 Å². The molecule has 6 nitrogen and oxygen atoms in total. The van der Waals surface area contributed by atoms with Crippen LogP contribution in [0.2, 0.25) is 0 Å². The van der Waals surface area contributed by atoms with Crippen molar-refractivity contribution in [3.8, 4) is 11.1 Å². The van der Waals surface area contributed by atoms with Crippen LogP contribution in [-0.2, 0) is 31.6 Å². The molecule has 4 aromatic carbocycles. The maximum absolute atomic E-state index is 13.5. The number of rotatable bonds is 11. The molecule has 38 heavy (non-hydrogen) atoms. The smallest absolute Gasteiger partial charge is 0.407 e. The van der Waals surface area contributed by atoms with Crippen molar-refractivity contribution in [2.75, 3.05) is 19.3 Å². The Balaban J connectivity index is 1.16. The van der Waals surface area contributed by atoms with E-state index < -0.39 is 13.7 Å². The number of ether oxygens (including phenoxy) is 1. The van der Waals surface area contributed by atoms with Crippen molar-refractivity contribution >= 4 is 13.7 Å². The first-order valence-corrected chi connectivity index (χ1v) is 14.4. The lowest BCUT2D eigenvalue weighted by Gasteiger charge is -2.19. The highest BCUT2D eigenvalue weighted by Crippen LogP contribution is 2.49. The summed E-state index contributed by atoms with van der Waals surface area (Å²) in [6.45, 7) is 0.611. The first kappa shape index (κ1) is 25.9. The Hall–Kier alpha value is -3.70. The van der Waals surface area contributed by atoms with Crippen LogP contribution in [0.3, 0.4) is 0 Å². The van der Waals surface area contributed by atoms with E-state index in [1.54, 1.807) is 0 Å². The van der Waals surface area contributed by atoms with Crippen molar-refractivity contribution in [1.29, 1.82) is 0 Å². The predicted molar refractivity (Wildman–Crippen MR) is 148 cm³/mol. The highest BCUT2D eigenvalue weighted by molar-refractivity contribution is 7.53. The van der Waals surface area contributed by atoms with Crippen LogP contribution in [0.1, 0.15) is 28.2 Å². The molecule has 0 radical (unpaired) electrons. The van der Waals surface area contributed by atoms with Crippen LogP contribution in [0.25, 0.3) is 11.1 Å². The third-order valence-electron chi connectivity index (χ3n) is 6.54. The first-order chi connectivity index (χ1) is 18.6. The summed E-state index contributed by atoms with van der Waals surface area (Å²) in [4.78, 5) is 12.6. The van der Waals surface area contributed by atoms with Gasteiger partial charge in [0.05, 0.1) is 19.4 Å². The van der Waals surface area contributed by atoms with Crippen LogP contribution in [0.4, 0.5) is 4.79 Å². The average Bonchev–Trinajstić information content (AvgIpc) is 3.29. The van der Waals surface area contributed by atoms with Crippen LogP contribution in [-0.4, -0.2) is 25.4 Å². The molecule has 1 aliphatic carbocycles. The molecular weight excluding hydrogens is 497 g/mol. The maximum Gasteiger partial charge on any atom is 0.407 e. The van der Waals surface area contributed by atoms with Gasteiger partial charge in [-0.3, -0.25) is 4.57 Å². The molecule has 194 valence electrons. The average molecular weight is 528 g/mol. The van der Waals surface area contributed by atoms with Gasteiger partial charge in [0.15, 0.2) is 0 Å². The van der Waals surface area contributed by atoms with Crippen molar-refractivity contribution in [2.45, 2.75) is 19.1 Å². The Bertz CT molecular complexity index is 1320. The quantitative estimate of drug-likeness (QED) is 0.210. The highest BCUT2D eigenvalue weighted by Gasteiger charge is 2.29. The molecule has 7 heteroatoms. The molecule has 4 aromatic rings. The molecule has 0 bridgehead atoms. The van der Waals surface area contributed by atoms with E-state index >= 15 is 0 Å².